The average Bonchev–Trinajstić information content (AvgIpc) is 2.75. The number of nitrogen functional groups attached to an aromatic ring is 1. The molecule has 0 radical (unpaired) electrons. The van der Waals surface area contributed by atoms with Gasteiger partial charge in [0.25, 0.3) is 0 Å². The number of halogens is 1. The molecule has 8 heteroatoms. The van der Waals surface area contributed by atoms with Crippen LogP contribution < -0.4 is 11.1 Å². The summed E-state index contributed by atoms with van der Waals surface area (Å²) in [6.07, 6.45) is 0. The minimum absolute atomic E-state index is 0.00393. The van der Waals surface area contributed by atoms with Gasteiger partial charge in [-0.3, -0.25) is 0 Å². The van der Waals surface area contributed by atoms with Crippen LogP contribution >= 0.6 is 0 Å². The van der Waals surface area contributed by atoms with Crippen molar-refractivity contribution < 1.29 is 14.2 Å². The summed E-state index contributed by atoms with van der Waals surface area (Å²) in [4.78, 5) is 0. The molecule has 1 aromatic heterocycles. The molecule has 0 aliphatic carbocycles. The van der Waals surface area contributed by atoms with E-state index >= 15 is 0 Å². The SMILES string of the molecule is Nc1nonc1/C(=N\O)Nc1ccccc1F. The van der Waals surface area contributed by atoms with Gasteiger partial charge in [0.15, 0.2) is 11.5 Å². The molecule has 0 fully saturated rings. The maximum atomic E-state index is 13.3. The van der Waals surface area contributed by atoms with Gasteiger partial charge < -0.3 is 16.3 Å². The van der Waals surface area contributed by atoms with E-state index in [2.05, 4.69) is 25.4 Å². The van der Waals surface area contributed by atoms with Crippen molar-refractivity contribution >= 4 is 17.3 Å². The van der Waals surface area contributed by atoms with Crippen molar-refractivity contribution in [1.29, 1.82) is 0 Å². The summed E-state index contributed by atoms with van der Waals surface area (Å²) in [5.41, 5.74) is 5.53. The zero-order chi connectivity index (χ0) is 12.3. The van der Waals surface area contributed by atoms with Crippen molar-refractivity contribution in [1.82, 2.24) is 10.3 Å². The molecule has 4 N–H and O–H groups in total. The van der Waals surface area contributed by atoms with Gasteiger partial charge in [-0.05, 0) is 22.4 Å². The number of hydrogen-bond acceptors (Lipinski definition) is 6. The average molecular weight is 237 g/mol. The second-order valence-electron chi connectivity index (χ2n) is 3.05. The Morgan fingerprint density at radius 3 is 2.76 bits per heavy atom. The number of oxime groups is 1. The van der Waals surface area contributed by atoms with Gasteiger partial charge in [-0.2, -0.15) is 0 Å². The predicted octanol–water partition coefficient (Wildman–Crippen LogP) is 1.04. The zero-order valence-electron chi connectivity index (χ0n) is 8.46. The van der Waals surface area contributed by atoms with Gasteiger partial charge in [0.05, 0.1) is 5.69 Å². The van der Waals surface area contributed by atoms with Crippen LogP contribution in [0.5, 0.6) is 0 Å². The van der Waals surface area contributed by atoms with Crippen molar-refractivity contribution in [2.75, 3.05) is 11.1 Å². The number of anilines is 2. The number of aromatic nitrogens is 2. The first-order chi connectivity index (χ1) is 8.22. The lowest BCUT2D eigenvalue weighted by atomic mass is 10.3. The standard InChI is InChI=1S/C9H8FN5O2/c10-5-3-1-2-4-6(5)12-9(13-16)7-8(11)15-17-14-7/h1-4,16H,(H2,11,15)(H,12,13). The second-order valence-corrected chi connectivity index (χ2v) is 3.05. The summed E-state index contributed by atoms with van der Waals surface area (Å²) in [5, 5.41) is 21.0. The van der Waals surface area contributed by atoms with E-state index in [9.17, 15) is 4.39 Å². The summed E-state index contributed by atoms with van der Waals surface area (Å²) in [7, 11) is 0. The Balaban J connectivity index is 2.29. The maximum absolute atomic E-state index is 13.3. The Morgan fingerprint density at radius 1 is 1.41 bits per heavy atom. The van der Waals surface area contributed by atoms with Crippen LogP contribution in [0.3, 0.4) is 0 Å². The number of amidine groups is 1. The highest BCUT2D eigenvalue weighted by atomic mass is 19.1. The molecule has 0 spiro atoms. The first-order valence-corrected chi connectivity index (χ1v) is 4.54. The van der Waals surface area contributed by atoms with E-state index in [0.717, 1.165) is 0 Å². The molecule has 0 saturated heterocycles. The van der Waals surface area contributed by atoms with E-state index in [1.165, 1.54) is 18.2 Å². The Bertz CT molecular complexity index is 554. The van der Waals surface area contributed by atoms with Crippen molar-refractivity contribution in [3.05, 3.63) is 35.8 Å². The minimum atomic E-state index is -0.510. The lowest BCUT2D eigenvalue weighted by Gasteiger charge is -2.06. The van der Waals surface area contributed by atoms with E-state index in [1.807, 2.05) is 0 Å². The summed E-state index contributed by atoms with van der Waals surface area (Å²) in [5.74, 6) is -0.737. The smallest absolute Gasteiger partial charge is 0.203 e. The topological polar surface area (TPSA) is 110 Å². The molecule has 7 nitrogen and oxygen atoms in total. The van der Waals surface area contributed by atoms with Gasteiger partial charge in [0.2, 0.25) is 5.84 Å². The number of hydrogen-bond donors (Lipinski definition) is 3. The molecule has 0 aliphatic rings. The van der Waals surface area contributed by atoms with E-state index in [1.54, 1.807) is 6.07 Å². The van der Waals surface area contributed by atoms with Crippen LogP contribution in [0, 0.1) is 5.82 Å². The molecule has 0 atom stereocenters. The number of nitrogens with zero attached hydrogens (tertiary/aromatic N) is 3. The summed E-state index contributed by atoms with van der Waals surface area (Å²) >= 11 is 0. The van der Waals surface area contributed by atoms with E-state index < -0.39 is 5.82 Å². The Hall–Kier alpha value is -2.64. The van der Waals surface area contributed by atoms with Gasteiger partial charge in [-0.1, -0.05) is 17.3 Å². The summed E-state index contributed by atoms with van der Waals surface area (Å²) in [6.45, 7) is 0. The van der Waals surface area contributed by atoms with Crippen LogP contribution in [-0.4, -0.2) is 21.4 Å². The number of rotatable bonds is 2. The molecule has 2 rings (SSSR count). The van der Waals surface area contributed by atoms with Crippen LogP contribution in [0.25, 0.3) is 0 Å². The molecular formula is C9H8FN5O2. The van der Waals surface area contributed by atoms with Crippen LogP contribution in [0.4, 0.5) is 15.9 Å². The molecular weight excluding hydrogens is 229 g/mol. The molecule has 0 bridgehead atoms. The van der Waals surface area contributed by atoms with Crippen LogP contribution in [0.2, 0.25) is 0 Å². The van der Waals surface area contributed by atoms with Crippen molar-refractivity contribution in [3.63, 3.8) is 0 Å². The quantitative estimate of drug-likeness (QED) is 0.311. The molecule has 0 saturated carbocycles. The molecule has 0 aliphatic heterocycles. The fourth-order valence-corrected chi connectivity index (χ4v) is 1.18. The molecule has 0 amide bonds. The number of nitrogens with one attached hydrogen (secondary N) is 1. The van der Waals surface area contributed by atoms with Crippen LogP contribution in [0.15, 0.2) is 34.1 Å². The first kappa shape index (κ1) is 10.9. The van der Waals surface area contributed by atoms with Gasteiger partial charge in [0.1, 0.15) is 5.82 Å². The van der Waals surface area contributed by atoms with E-state index in [-0.39, 0.29) is 23.0 Å². The fourth-order valence-electron chi connectivity index (χ4n) is 1.18. The first-order valence-electron chi connectivity index (χ1n) is 4.54. The maximum Gasteiger partial charge on any atom is 0.203 e. The van der Waals surface area contributed by atoms with Gasteiger partial charge >= 0.3 is 0 Å². The molecule has 17 heavy (non-hydrogen) atoms. The lowest BCUT2D eigenvalue weighted by molar-refractivity contribution is 0.305. The predicted molar refractivity (Wildman–Crippen MR) is 57.1 cm³/mol. The van der Waals surface area contributed by atoms with E-state index in [0.29, 0.717) is 0 Å². The van der Waals surface area contributed by atoms with Crippen molar-refractivity contribution in [3.8, 4) is 0 Å². The highest BCUT2D eigenvalue weighted by molar-refractivity contribution is 6.09. The fraction of sp³-hybridized carbons (Fsp3) is 0. The summed E-state index contributed by atoms with van der Waals surface area (Å²) in [6, 6.07) is 5.86. The minimum Gasteiger partial charge on any atom is -0.409 e. The van der Waals surface area contributed by atoms with Crippen LogP contribution in [-0.2, 0) is 0 Å². The Kier molecular flexibility index (Phi) is 2.86. The number of para-hydroxylation sites is 1. The number of nitrogens with two attached hydrogens (primary N) is 1. The third kappa shape index (κ3) is 2.14. The molecule has 88 valence electrons. The van der Waals surface area contributed by atoms with E-state index in [4.69, 9.17) is 10.9 Å². The zero-order valence-corrected chi connectivity index (χ0v) is 8.46. The Morgan fingerprint density at radius 2 is 2.18 bits per heavy atom. The molecule has 1 aromatic carbocycles. The summed E-state index contributed by atoms with van der Waals surface area (Å²) < 4.78 is 17.7. The molecule has 2 aromatic rings. The molecule has 0 unspecified atom stereocenters. The Labute approximate surface area is 94.7 Å². The normalized spacial score (nSPS) is 11.5. The number of benzene rings is 1. The third-order valence-corrected chi connectivity index (χ3v) is 1.97. The van der Waals surface area contributed by atoms with Gasteiger partial charge in [-0.15, -0.1) is 0 Å². The second kappa shape index (κ2) is 4.47. The van der Waals surface area contributed by atoms with Crippen molar-refractivity contribution in [2.45, 2.75) is 0 Å². The highest BCUT2D eigenvalue weighted by Gasteiger charge is 2.16. The van der Waals surface area contributed by atoms with Crippen molar-refractivity contribution in [2.24, 2.45) is 5.16 Å². The van der Waals surface area contributed by atoms with Gasteiger partial charge in [0, 0.05) is 0 Å². The third-order valence-electron chi connectivity index (χ3n) is 1.97. The largest absolute Gasteiger partial charge is 0.409 e. The highest BCUT2D eigenvalue weighted by Crippen LogP contribution is 2.15. The molecule has 1 heterocycles. The van der Waals surface area contributed by atoms with Gasteiger partial charge in [-0.25, -0.2) is 9.02 Å². The monoisotopic (exact) mass is 237 g/mol. The van der Waals surface area contributed by atoms with Crippen LogP contribution in [0.1, 0.15) is 5.69 Å². The lowest BCUT2D eigenvalue weighted by Crippen LogP contribution is -2.16.